The predicted octanol–water partition coefficient (Wildman–Crippen LogP) is 2.66. The summed E-state index contributed by atoms with van der Waals surface area (Å²) in [6.45, 7) is 1.62. The summed E-state index contributed by atoms with van der Waals surface area (Å²) in [7, 11) is 1.25. The Kier molecular flexibility index (Phi) is 3.47. The molecule has 1 aromatic carbocycles. The highest BCUT2D eigenvalue weighted by atomic mass is 35.5. The minimum atomic E-state index is -0.570. The van der Waals surface area contributed by atoms with Crippen molar-refractivity contribution in [3.05, 3.63) is 34.6 Å². The summed E-state index contributed by atoms with van der Waals surface area (Å²) < 4.78 is 17.7. The van der Waals surface area contributed by atoms with Crippen molar-refractivity contribution in [1.29, 1.82) is 0 Å². The molecule has 0 fully saturated rings. The normalized spacial score (nSPS) is 10.0. The lowest BCUT2D eigenvalue weighted by Gasteiger charge is -2.06. The largest absolute Gasteiger partial charge is 0.465 e. The molecule has 0 aromatic heterocycles. The van der Waals surface area contributed by atoms with E-state index in [4.69, 9.17) is 11.6 Å². The molecule has 1 rings (SSSR count). The lowest BCUT2D eigenvalue weighted by atomic mass is 10.1. The molecule has 0 amide bonds. The molecule has 14 heavy (non-hydrogen) atoms. The molecule has 0 aliphatic heterocycles. The summed E-state index contributed by atoms with van der Waals surface area (Å²) in [5.41, 5.74) is 1.23. The third kappa shape index (κ3) is 2.04. The van der Waals surface area contributed by atoms with E-state index >= 15 is 0 Å². The molecule has 76 valence electrons. The van der Waals surface area contributed by atoms with Gasteiger partial charge in [-0.05, 0) is 24.1 Å². The van der Waals surface area contributed by atoms with Crippen LogP contribution >= 0.6 is 11.6 Å². The SMILES string of the molecule is COC(=O)c1cc(F)c(C)cc1CCl. The zero-order valence-electron chi connectivity index (χ0n) is 7.93. The van der Waals surface area contributed by atoms with E-state index in [0.29, 0.717) is 11.1 Å². The molecule has 0 bridgehead atoms. The van der Waals surface area contributed by atoms with Crippen LogP contribution in [0, 0.1) is 12.7 Å². The van der Waals surface area contributed by atoms with E-state index < -0.39 is 11.8 Å². The standard InChI is InChI=1S/C10H10ClFO2/c1-6-3-7(5-11)8(4-9(6)12)10(13)14-2/h3-4H,5H2,1-2H3. The number of carbonyl (C=O) groups excluding carboxylic acids is 1. The Morgan fingerprint density at radius 1 is 1.57 bits per heavy atom. The molecule has 0 N–H and O–H groups in total. The van der Waals surface area contributed by atoms with E-state index in [0.717, 1.165) is 6.07 Å². The van der Waals surface area contributed by atoms with Gasteiger partial charge in [-0.3, -0.25) is 0 Å². The fourth-order valence-electron chi connectivity index (χ4n) is 1.15. The first kappa shape index (κ1) is 11.0. The van der Waals surface area contributed by atoms with Crippen LogP contribution in [-0.2, 0) is 10.6 Å². The van der Waals surface area contributed by atoms with Crippen molar-refractivity contribution in [2.75, 3.05) is 7.11 Å². The number of hydrogen-bond acceptors (Lipinski definition) is 2. The maximum atomic E-state index is 13.1. The monoisotopic (exact) mass is 216 g/mol. The topological polar surface area (TPSA) is 26.3 Å². The van der Waals surface area contributed by atoms with Gasteiger partial charge >= 0.3 is 5.97 Å². The van der Waals surface area contributed by atoms with E-state index in [-0.39, 0.29) is 11.4 Å². The van der Waals surface area contributed by atoms with Gasteiger partial charge in [0.2, 0.25) is 0 Å². The molecule has 0 aliphatic rings. The summed E-state index contributed by atoms with van der Waals surface area (Å²) in [5.74, 6) is -0.843. The first-order valence-electron chi connectivity index (χ1n) is 4.03. The average Bonchev–Trinajstić information content (AvgIpc) is 2.20. The van der Waals surface area contributed by atoms with Crippen LogP contribution in [0.1, 0.15) is 21.5 Å². The van der Waals surface area contributed by atoms with Crippen LogP contribution in [0.3, 0.4) is 0 Å². The van der Waals surface area contributed by atoms with Crippen molar-refractivity contribution in [1.82, 2.24) is 0 Å². The minimum Gasteiger partial charge on any atom is -0.465 e. The van der Waals surface area contributed by atoms with Crippen molar-refractivity contribution >= 4 is 17.6 Å². The molecule has 0 unspecified atom stereocenters. The van der Waals surface area contributed by atoms with Crippen molar-refractivity contribution in [3.63, 3.8) is 0 Å². The minimum absolute atomic E-state index is 0.158. The van der Waals surface area contributed by atoms with E-state index in [1.807, 2.05) is 0 Å². The first-order chi connectivity index (χ1) is 6.60. The number of alkyl halides is 1. The second-order valence-electron chi connectivity index (χ2n) is 2.88. The third-order valence-electron chi connectivity index (χ3n) is 1.93. The van der Waals surface area contributed by atoms with Crippen molar-refractivity contribution in [3.8, 4) is 0 Å². The molecule has 0 saturated carbocycles. The molecule has 0 radical (unpaired) electrons. The van der Waals surface area contributed by atoms with Crippen molar-refractivity contribution in [2.24, 2.45) is 0 Å². The van der Waals surface area contributed by atoms with Crippen molar-refractivity contribution < 1.29 is 13.9 Å². The summed E-state index contributed by atoms with van der Waals surface area (Å²) in [4.78, 5) is 11.2. The molecular formula is C10H10ClFO2. The Labute approximate surface area is 86.6 Å². The summed E-state index contributed by atoms with van der Waals surface area (Å²) in [6.07, 6.45) is 0. The maximum Gasteiger partial charge on any atom is 0.338 e. The second-order valence-corrected chi connectivity index (χ2v) is 3.15. The summed E-state index contributed by atoms with van der Waals surface area (Å²) >= 11 is 5.63. The van der Waals surface area contributed by atoms with Gasteiger partial charge < -0.3 is 4.74 Å². The van der Waals surface area contributed by atoms with Gasteiger partial charge in [-0.15, -0.1) is 11.6 Å². The highest BCUT2D eigenvalue weighted by Gasteiger charge is 2.13. The number of aryl methyl sites for hydroxylation is 1. The van der Waals surface area contributed by atoms with Crippen molar-refractivity contribution in [2.45, 2.75) is 12.8 Å². The van der Waals surface area contributed by atoms with Gasteiger partial charge in [-0.1, -0.05) is 6.07 Å². The number of rotatable bonds is 2. The third-order valence-corrected chi connectivity index (χ3v) is 2.22. The van der Waals surface area contributed by atoms with Crippen LogP contribution in [0.15, 0.2) is 12.1 Å². The molecule has 0 aliphatic carbocycles. The molecule has 0 saturated heterocycles. The first-order valence-corrected chi connectivity index (χ1v) is 4.57. The lowest BCUT2D eigenvalue weighted by molar-refractivity contribution is 0.0599. The van der Waals surface area contributed by atoms with E-state index in [1.165, 1.54) is 7.11 Å². The van der Waals surface area contributed by atoms with Gasteiger partial charge in [0.15, 0.2) is 0 Å². The highest BCUT2D eigenvalue weighted by Crippen LogP contribution is 2.18. The molecular weight excluding hydrogens is 207 g/mol. The molecule has 0 atom stereocenters. The molecule has 2 nitrogen and oxygen atoms in total. The Morgan fingerprint density at radius 3 is 2.71 bits per heavy atom. The van der Waals surface area contributed by atoms with Gasteiger partial charge in [0.1, 0.15) is 5.82 Å². The lowest BCUT2D eigenvalue weighted by Crippen LogP contribution is -2.06. The van der Waals surface area contributed by atoms with Gasteiger partial charge in [0.05, 0.1) is 12.7 Å². The van der Waals surface area contributed by atoms with Crippen LogP contribution in [0.4, 0.5) is 4.39 Å². The number of hydrogen-bond donors (Lipinski definition) is 0. The molecule has 0 heterocycles. The van der Waals surface area contributed by atoms with E-state index in [2.05, 4.69) is 4.74 Å². The molecule has 4 heteroatoms. The van der Waals surface area contributed by atoms with Crippen LogP contribution in [0.2, 0.25) is 0 Å². The van der Waals surface area contributed by atoms with Gasteiger partial charge in [-0.25, -0.2) is 9.18 Å². The number of ether oxygens (including phenoxy) is 1. The van der Waals surface area contributed by atoms with Gasteiger partial charge in [-0.2, -0.15) is 0 Å². The van der Waals surface area contributed by atoms with Gasteiger partial charge in [0, 0.05) is 5.88 Å². The Balaban J connectivity index is 3.27. The fourth-order valence-corrected chi connectivity index (χ4v) is 1.37. The number of benzene rings is 1. The number of esters is 1. The van der Waals surface area contributed by atoms with Crippen LogP contribution in [0.25, 0.3) is 0 Å². The zero-order valence-corrected chi connectivity index (χ0v) is 8.69. The van der Waals surface area contributed by atoms with Crippen LogP contribution in [0.5, 0.6) is 0 Å². The average molecular weight is 217 g/mol. The van der Waals surface area contributed by atoms with Crippen LogP contribution in [-0.4, -0.2) is 13.1 Å². The Hall–Kier alpha value is -1.09. The zero-order chi connectivity index (χ0) is 10.7. The van der Waals surface area contributed by atoms with Crippen LogP contribution < -0.4 is 0 Å². The molecule has 0 spiro atoms. The maximum absolute atomic E-state index is 13.1. The second kappa shape index (κ2) is 4.42. The quantitative estimate of drug-likeness (QED) is 0.561. The number of carbonyl (C=O) groups is 1. The molecule has 1 aromatic rings. The Morgan fingerprint density at radius 2 is 2.21 bits per heavy atom. The van der Waals surface area contributed by atoms with E-state index in [9.17, 15) is 9.18 Å². The van der Waals surface area contributed by atoms with Gasteiger partial charge in [0.25, 0.3) is 0 Å². The van der Waals surface area contributed by atoms with E-state index in [1.54, 1.807) is 13.0 Å². The summed E-state index contributed by atoms with van der Waals surface area (Å²) in [5, 5.41) is 0. The highest BCUT2D eigenvalue weighted by molar-refractivity contribution is 6.17. The smallest absolute Gasteiger partial charge is 0.338 e. The predicted molar refractivity (Wildman–Crippen MR) is 52.0 cm³/mol. The fraction of sp³-hybridized carbons (Fsp3) is 0.300. The summed E-state index contributed by atoms with van der Waals surface area (Å²) in [6, 6.07) is 2.70. The number of methoxy groups -OCH3 is 1. The Bertz CT molecular complexity index is 363. The number of halogens is 2.